The molecule has 0 atom stereocenters. The second-order valence-corrected chi connectivity index (χ2v) is 13.5. The number of fused-ring (bicyclic) bond motifs is 1. The molecule has 0 bridgehead atoms. The van der Waals surface area contributed by atoms with Gasteiger partial charge in [0.05, 0.1) is 28.8 Å². The maximum absolute atomic E-state index is 14.9. The van der Waals surface area contributed by atoms with Crippen LogP contribution in [0, 0.1) is 24.1 Å². The summed E-state index contributed by atoms with van der Waals surface area (Å²) in [7, 11) is 0. The Morgan fingerprint density at radius 3 is 2.42 bits per heavy atom. The fraction of sp³-hybridized carbons (Fsp3) is 0.359. The summed E-state index contributed by atoms with van der Waals surface area (Å²) >= 11 is 0. The lowest BCUT2D eigenvalue weighted by Crippen LogP contribution is -2.40. The van der Waals surface area contributed by atoms with Gasteiger partial charge in [0.1, 0.15) is 12.4 Å². The van der Waals surface area contributed by atoms with E-state index >= 15 is 0 Å². The highest BCUT2D eigenvalue weighted by molar-refractivity contribution is 6.10. The summed E-state index contributed by atoms with van der Waals surface area (Å²) in [6, 6.07) is 21.0. The van der Waals surface area contributed by atoms with Gasteiger partial charge in [0.25, 0.3) is 11.8 Å². The first-order chi connectivity index (χ1) is 23.1. The lowest BCUT2D eigenvalue weighted by Gasteiger charge is -2.38. The number of rotatable bonds is 10. The van der Waals surface area contributed by atoms with Crippen LogP contribution in [0.2, 0.25) is 0 Å². The van der Waals surface area contributed by atoms with Crippen molar-refractivity contribution in [1.82, 2.24) is 5.32 Å². The van der Waals surface area contributed by atoms with Crippen LogP contribution in [-0.4, -0.2) is 35.5 Å². The van der Waals surface area contributed by atoms with Crippen molar-refractivity contribution in [2.45, 2.75) is 71.5 Å². The van der Waals surface area contributed by atoms with E-state index in [1.807, 2.05) is 49.4 Å². The Labute approximate surface area is 279 Å². The number of carbonyl (C=O) groups is 3. The molecule has 4 aromatic carbocycles. The van der Waals surface area contributed by atoms with Gasteiger partial charge in [-0.2, -0.15) is 0 Å². The number of esters is 1. The lowest BCUT2D eigenvalue weighted by atomic mass is 9.70. The van der Waals surface area contributed by atoms with Crippen LogP contribution in [-0.2, 0) is 16.1 Å². The fourth-order valence-corrected chi connectivity index (χ4v) is 6.59. The molecule has 0 unspecified atom stereocenters. The number of phenols is 1. The van der Waals surface area contributed by atoms with Gasteiger partial charge in [-0.15, -0.1) is 0 Å². The van der Waals surface area contributed by atoms with Gasteiger partial charge >= 0.3 is 5.97 Å². The van der Waals surface area contributed by atoms with E-state index in [1.54, 1.807) is 18.2 Å². The average Bonchev–Trinajstić information content (AvgIpc) is 3.07. The molecule has 4 aromatic rings. The molecule has 9 heteroatoms. The summed E-state index contributed by atoms with van der Waals surface area (Å²) < 4.78 is 26.6. The van der Waals surface area contributed by atoms with E-state index in [-0.39, 0.29) is 52.9 Å². The number of nitrogens with one attached hydrogen (secondary N) is 2. The van der Waals surface area contributed by atoms with Crippen LogP contribution in [0.3, 0.4) is 0 Å². The number of ether oxygens (including phenoxy) is 2. The molecule has 0 aromatic heterocycles. The molecular weight excluding hydrogens is 611 g/mol. The summed E-state index contributed by atoms with van der Waals surface area (Å²) in [5, 5.41) is 18.3. The standard InChI is InChI=1S/C39H41FN2O6/c1-24-11-16-33(30(19-24)36(44)41-23-39(2)17-6-18-39)42-37(45)31-20-35(32(40)21-34(31)43)48-28-14-12-26(13-15-28)38(46)47-22-27-9-5-8-25-7-3-4-10-29(25)27/h3-5,7-11,16,19-21,26,28,43H,6,12-15,17-18,22-23H2,1-2H3,(H,41,44)(H,42,45). The normalized spacial score (nSPS) is 18.4. The number of halogens is 1. The molecule has 2 aliphatic carbocycles. The number of carbonyl (C=O) groups excluding carboxylic acids is 3. The van der Waals surface area contributed by atoms with Gasteiger partial charge in [0.15, 0.2) is 11.6 Å². The summed E-state index contributed by atoms with van der Waals surface area (Å²) in [5.74, 6) is -3.09. The van der Waals surface area contributed by atoms with E-state index in [4.69, 9.17) is 9.47 Å². The Hall–Kier alpha value is -4.92. The van der Waals surface area contributed by atoms with Gasteiger partial charge in [-0.25, -0.2) is 4.39 Å². The quantitative estimate of drug-likeness (QED) is 0.150. The van der Waals surface area contributed by atoms with E-state index in [1.165, 1.54) is 6.07 Å². The molecule has 2 amide bonds. The van der Waals surface area contributed by atoms with Crippen molar-refractivity contribution in [2.75, 3.05) is 11.9 Å². The molecule has 0 radical (unpaired) electrons. The van der Waals surface area contributed by atoms with Crippen molar-refractivity contribution >= 4 is 34.2 Å². The van der Waals surface area contributed by atoms with Crippen molar-refractivity contribution in [2.24, 2.45) is 11.3 Å². The van der Waals surface area contributed by atoms with Crippen LogP contribution in [0.15, 0.2) is 72.8 Å². The van der Waals surface area contributed by atoms with E-state index in [0.29, 0.717) is 37.8 Å². The molecule has 2 aliphatic rings. The first-order valence-corrected chi connectivity index (χ1v) is 16.6. The maximum Gasteiger partial charge on any atom is 0.309 e. The SMILES string of the molecule is Cc1ccc(NC(=O)c2cc(OC3CCC(C(=O)OCc4cccc5ccccc45)CC3)c(F)cc2O)c(C(=O)NCC2(C)CCC2)c1. The fourth-order valence-electron chi connectivity index (χ4n) is 6.59. The number of amides is 2. The zero-order chi connectivity index (χ0) is 33.8. The van der Waals surface area contributed by atoms with Crippen LogP contribution in [0.25, 0.3) is 10.8 Å². The Kier molecular flexibility index (Phi) is 9.66. The minimum atomic E-state index is -0.805. The smallest absolute Gasteiger partial charge is 0.309 e. The highest BCUT2D eigenvalue weighted by atomic mass is 19.1. The van der Waals surface area contributed by atoms with Gasteiger partial charge < -0.3 is 25.2 Å². The molecule has 2 saturated carbocycles. The molecule has 2 fully saturated rings. The Balaban J connectivity index is 1.06. The van der Waals surface area contributed by atoms with Crippen LogP contribution < -0.4 is 15.4 Å². The van der Waals surface area contributed by atoms with E-state index in [0.717, 1.165) is 47.2 Å². The molecule has 3 N–H and O–H groups in total. The van der Waals surface area contributed by atoms with Crippen LogP contribution in [0.1, 0.15) is 83.7 Å². The van der Waals surface area contributed by atoms with E-state index in [2.05, 4.69) is 17.6 Å². The van der Waals surface area contributed by atoms with E-state index in [9.17, 15) is 23.9 Å². The lowest BCUT2D eigenvalue weighted by molar-refractivity contribution is -0.151. The predicted octanol–water partition coefficient (Wildman–Crippen LogP) is 7.85. The molecule has 0 aliphatic heterocycles. The first-order valence-electron chi connectivity index (χ1n) is 16.6. The average molecular weight is 653 g/mol. The van der Waals surface area contributed by atoms with Crippen molar-refractivity contribution in [3.63, 3.8) is 0 Å². The summed E-state index contributed by atoms with van der Waals surface area (Å²) in [4.78, 5) is 39.4. The third-order valence-corrected chi connectivity index (χ3v) is 9.75. The van der Waals surface area contributed by atoms with Crippen LogP contribution in [0.5, 0.6) is 11.5 Å². The third-order valence-electron chi connectivity index (χ3n) is 9.75. The van der Waals surface area contributed by atoms with Crippen molar-refractivity contribution in [3.05, 3.63) is 101 Å². The molecular formula is C39H41FN2O6. The number of hydrogen-bond donors (Lipinski definition) is 3. The third kappa shape index (κ3) is 7.46. The largest absolute Gasteiger partial charge is 0.507 e. The monoisotopic (exact) mass is 652 g/mol. The Bertz CT molecular complexity index is 1840. The molecule has 250 valence electrons. The van der Waals surface area contributed by atoms with Gasteiger partial charge in [-0.1, -0.05) is 67.4 Å². The zero-order valence-electron chi connectivity index (χ0n) is 27.3. The van der Waals surface area contributed by atoms with Gasteiger partial charge in [0.2, 0.25) is 0 Å². The zero-order valence-corrected chi connectivity index (χ0v) is 27.3. The maximum atomic E-state index is 14.9. The first kappa shape index (κ1) is 33.0. The van der Waals surface area contributed by atoms with E-state index < -0.39 is 17.5 Å². The van der Waals surface area contributed by atoms with Gasteiger partial charge in [0, 0.05) is 12.6 Å². The number of aromatic hydroxyl groups is 1. The number of anilines is 1. The molecule has 0 spiro atoms. The van der Waals surface area contributed by atoms with Gasteiger partial charge in [-0.05, 0) is 85.4 Å². The summed E-state index contributed by atoms with van der Waals surface area (Å²) in [6.07, 6.45) is 4.90. The number of hydrogen-bond acceptors (Lipinski definition) is 6. The molecule has 0 saturated heterocycles. The molecule has 48 heavy (non-hydrogen) atoms. The Morgan fingerprint density at radius 2 is 1.67 bits per heavy atom. The highest BCUT2D eigenvalue weighted by Crippen LogP contribution is 2.39. The highest BCUT2D eigenvalue weighted by Gasteiger charge is 2.33. The van der Waals surface area contributed by atoms with Gasteiger partial charge in [-0.3, -0.25) is 14.4 Å². The second kappa shape index (κ2) is 14.1. The molecule has 6 rings (SSSR count). The molecule has 8 nitrogen and oxygen atoms in total. The summed E-state index contributed by atoms with van der Waals surface area (Å²) in [5.41, 5.74) is 2.27. The number of phenolic OH excluding ortho intramolecular Hbond substituents is 1. The summed E-state index contributed by atoms with van der Waals surface area (Å²) in [6.45, 7) is 4.73. The van der Waals surface area contributed by atoms with Crippen molar-refractivity contribution in [3.8, 4) is 11.5 Å². The number of benzene rings is 4. The second-order valence-electron chi connectivity index (χ2n) is 13.5. The Morgan fingerprint density at radius 1 is 0.917 bits per heavy atom. The number of aryl methyl sites for hydroxylation is 1. The molecule has 0 heterocycles. The minimum Gasteiger partial charge on any atom is -0.507 e. The van der Waals surface area contributed by atoms with Crippen LogP contribution >= 0.6 is 0 Å². The van der Waals surface area contributed by atoms with Crippen molar-refractivity contribution < 1.29 is 33.4 Å². The topological polar surface area (TPSA) is 114 Å². The van der Waals surface area contributed by atoms with Crippen molar-refractivity contribution in [1.29, 1.82) is 0 Å². The predicted molar refractivity (Wildman–Crippen MR) is 182 cm³/mol. The minimum absolute atomic E-state index is 0.0832. The van der Waals surface area contributed by atoms with Crippen LogP contribution in [0.4, 0.5) is 10.1 Å².